The predicted octanol–water partition coefficient (Wildman–Crippen LogP) is 5.06. The Kier molecular flexibility index (Phi) is 4.53. The van der Waals surface area contributed by atoms with Crippen LogP contribution in [0, 0.1) is 11.6 Å². The van der Waals surface area contributed by atoms with Crippen molar-refractivity contribution < 1.29 is 26.7 Å². The molecular formula is C21H12F5N3O. The molecule has 0 radical (unpaired) electrons. The van der Waals surface area contributed by atoms with Crippen LogP contribution >= 0.6 is 0 Å². The monoisotopic (exact) mass is 417 g/mol. The van der Waals surface area contributed by atoms with E-state index in [4.69, 9.17) is 5.73 Å². The number of halogens is 5. The maximum absolute atomic E-state index is 15.3. The van der Waals surface area contributed by atoms with E-state index in [-0.39, 0.29) is 16.9 Å². The van der Waals surface area contributed by atoms with Crippen molar-refractivity contribution in [1.82, 2.24) is 9.38 Å². The van der Waals surface area contributed by atoms with Crippen LogP contribution in [0.15, 0.2) is 60.9 Å². The molecule has 2 aromatic carbocycles. The predicted molar refractivity (Wildman–Crippen MR) is 99.5 cm³/mol. The maximum atomic E-state index is 15.3. The summed E-state index contributed by atoms with van der Waals surface area (Å²) in [4.78, 5) is 15.8. The summed E-state index contributed by atoms with van der Waals surface area (Å²) in [5.74, 6) is -5.19. The minimum absolute atomic E-state index is 0.00931. The van der Waals surface area contributed by atoms with E-state index in [0.717, 1.165) is 0 Å². The molecule has 1 amide bonds. The van der Waals surface area contributed by atoms with Crippen molar-refractivity contribution >= 4 is 11.6 Å². The molecule has 0 spiro atoms. The molecule has 0 saturated carbocycles. The molecule has 2 N–H and O–H groups in total. The molecule has 9 heteroatoms. The molecule has 4 rings (SSSR count). The molecule has 0 bridgehead atoms. The van der Waals surface area contributed by atoms with E-state index in [1.165, 1.54) is 47.1 Å². The third kappa shape index (κ3) is 3.08. The zero-order chi connectivity index (χ0) is 21.6. The largest absolute Gasteiger partial charge is 0.419 e. The average molecular weight is 417 g/mol. The lowest BCUT2D eigenvalue weighted by Gasteiger charge is -2.20. The first-order valence-electron chi connectivity index (χ1n) is 8.61. The number of primary amides is 1. The van der Waals surface area contributed by atoms with E-state index < -0.39 is 46.0 Å². The van der Waals surface area contributed by atoms with Gasteiger partial charge < -0.3 is 10.1 Å². The molecule has 0 aliphatic rings. The summed E-state index contributed by atoms with van der Waals surface area (Å²) in [6, 6.07) is 12.0. The molecule has 0 fully saturated rings. The van der Waals surface area contributed by atoms with Crippen LogP contribution in [-0.2, 0) is 6.18 Å². The lowest BCUT2D eigenvalue weighted by Crippen LogP contribution is -2.22. The van der Waals surface area contributed by atoms with Gasteiger partial charge in [0.2, 0.25) is 0 Å². The molecule has 2 aromatic heterocycles. The zero-order valence-corrected chi connectivity index (χ0v) is 15.0. The third-order valence-corrected chi connectivity index (χ3v) is 4.59. The van der Waals surface area contributed by atoms with Crippen LogP contribution in [0.4, 0.5) is 22.0 Å². The van der Waals surface area contributed by atoms with Gasteiger partial charge in [-0.1, -0.05) is 36.4 Å². The summed E-state index contributed by atoms with van der Waals surface area (Å²) in [5, 5.41) is 0. The average Bonchev–Trinajstić information content (AvgIpc) is 3.10. The van der Waals surface area contributed by atoms with Gasteiger partial charge in [-0.15, -0.1) is 0 Å². The number of pyridine rings is 1. The van der Waals surface area contributed by atoms with Crippen LogP contribution in [-0.4, -0.2) is 15.3 Å². The number of aromatic nitrogens is 2. The molecule has 2 heterocycles. The first kappa shape index (κ1) is 19.6. The normalized spacial score (nSPS) is 11.8. The lowest BCUT2D eigenvalue weighted by molar-refractivity contribution is -0.139. The molecule has 30 heavy (non-hydrogen) atoms. The molecule has 4 nitrogen and oxygen atoms in total. The first-order valence-corrected chi connectivity index (χ1v) is 8.61. The molecule has 0 unspecified atom stereocenters. The minimum atomic E-state index is -5.25. The number of nitrogens with two attached hydrogens (primary N) is 1. The first-order chi connectivity index (χ1) is 14.2. The van der Waals surface area contributed by atoms with Crippen molar-refractivity contribution in [2.75, 3.05) is 0 Å². The number of fused-ring (bicyclic) bond motifs is 1. The van der Waals surface area contributed by atoms with Gasteiger partial charge in [-0.3, -0.25) is 4.79 Å². The Bertz CT molecular complexity index is 1250. The molecule has 0 atom stereocenters. The Morgan fingerprint density at radius 3 is 2.20 bits per heavy atom. The highest BCUT2D eigenvalue weighted by Gasteiger charge is 2.43. The molecule has 0 saturated heterocycles. The lowest BCUT2D eigenvalue weighted by atomic mass is 9.89. The van der Waals surface area contributed by atoms with E-state index in [1.807, 2.05) is 0 Å². The van der Waals surface area contributed by atoms with E-state index in [1.54, 1.807) is 18.2 Å². The van der Waals surface area contributed by atoms with Crippen LogP contribution in [0.2, 0.25) is 0 Å². The van der Waals surface area contributed by atoms with E-state index in [2.05, 4.69) is 4.98 Å². The number of rotatable bonds is 3. The van der Waals surface area contributed by atoms with Crippen molar-refractivity contribution in [2.45, 2.75) is 6.18 Å². The highest BCUT2D eigenvalue weighted by Crippen LogP contribution is 2.46. The van der Waals surface area contributed by atoms with E-state index in [0.29, 0.717) is 0 Å². The smallest absolute Gasteiger partial charge is 0.365 e. The Hall–Kier alpha value is -3.75. The van der Waals surface area contributed by atoms with Gasteiger partial charge in [-0.05, 0) is 17.7 Å². The second-order valence-electron chi connectivity index (χ2n) is 6.45. The van der Waals surface area contributed by atoms with E-state index >= 15 is 4.39 Å². The van der Waals surface area contributed by atoms with Gasteiger partial charge in [-0.2, -0.15) is 13.2 Å². The topological polar surface area (TPSA) is 60.4 Å². The fraction of sp³-hybridized carbons (Fsp3) is 0.0476. The molecule has 4 aromatic rings. The number of alkyl halides is 3. The Morgan fingerprint density at radius 1 is 0.933 bits per heavy atom. The summed E-state index contributed by atoms with van der Waals surface area (Å²) < 4.78 is 73.5. The van der Waals surface area contributed by atoms with Crippen molar-refractivity contribution in [2.24, 2.45) is 5.73 Å². The number of carbonyl (C=O) groups is 1. The van der Waals surface area contributed by atoms with Gasteiger partial charge in [0.05, 0.1) is 5.69 Å². The Labute approximate surface area is 166 Å². The fourth-order valence-electron chi connectivity index (χ4n) is 3.36. The number of carbonyl (C=O) groups excluding carboxylic acids is 1. The number of hydrogen-bond donors (Lipinski definition) is 1. The fourth-order valence-corrected chi connectivity index (χ4v) is 3.36. The van der Waals surface area contributed by atoms with Crippen molar-refractivity contribution in [3.8, 4) is 22.4 Å². The summed E-state index contributed by atoms with van der Waals surface area (Å²) in [5.41, 5.74) is 0.327. The van der Waals surface area contributed by atoms with Crippen molar-refractivity contribution in [3.63, 3.8) is 0 Å². The molecule has 152 valence electrons. The second-order valence-corrected chi connectivity index (χ2v) is 6.45. The summed E-state index contributed by atoms with van der Waals surface area (Å²) in [6.45, 7) is 0. The summed E-state index contributed by atoms with van der Waals surface area (Å²) in [6.07, 6.45) is -2.49. The number of hydrogen-bond acceptors (Lipinski definition) is 2. The van der Waals surface area contributed by atoms with Crippen LogP contribution in [0.25, 0.3) is 28.0 Å². The van der Waals surface area contributed by atoms with Gasteiger partial charge in [0.1, 0.15) is 22.6 Å². The van der Waals surface area contributed by atoms with Gasteiger partial charge in [0.25, 0.3) is 5.91 Å². The van der Waals surface area contributed by atoms with Gasteiger partial charge in [0, 0.05) is 23.5 Å². The molecule has 0 aliphatic heterocycles. The van der Waals surface area contributed by atoms with Crippen LogP contribution in [0.1, 0.15) is 15.9 Å². The van der Waals surface area contributed by atoms with Crippen molar-refractivity contribution in [1.29, 1.82) is 0 Å². The minimum Gasteiger partial charge on any atom is -0.365 e. The highest BCUT2D eigenvalue weighted by atomic mass is 19.4. The highest BCUT2D eigenvalue weighted by molar-refractivity contribution is 5.98. The number of benzene rings is 2. The zero-order valence-electron chi connectivity index (χ0n) is 15.0. The standard InChI is InChI=1S/C21H12F5N3O/c22-18-14(11-6-2-1-3-7-11)15(12-10-29-9-5-4-8-13(29)28-12)17(21(24,25)26)19(23)16(18)20(27)30/h1-10H,(H2,27,30). The third-order valence-electron chi connectivity index (χ3n) is 4.59. The Morgan fingerprint density at radius 2 is 1.60 bits per heavy atom. The number of amides is 1. The van der Waals surface area contributed by atoms with Gasteiger partial charge in [-0.25, -0.2) is 13.8 Å². The van der Waals surface area contributed by atoms with Crippen LogP contribution in [0.5, 0.6) is 0 Å². The number of nitrogens with zero attached hydrogens (tertiary/aromatic N) is 2. The molecular weight excluding hydrogens is 405 g/mol. The quantitative estimate of drug-likeness (QED) is 0.474. The number of imidazole rings is 1. The van der Waals surface area contributed by atoms with Gasteiger partial charge in [0.15, 0.2) is 5.82 Å². The second kappa shape index (κ2) is 6.94. The Balaban J connectivity index is 2.22. The van der Waals surface area contributed by atoms with Gasteiger partial charge >= 0.3 is 6.18 Å². The van der Waals surface area contributed by atoms with Crippen LogP contribution < -0.4 is 5.73 Å². The SMILES string of the molecule is NC(=O)c1c(F)c(-c2ccccc2)c(-c2cn3ccccc3n2)c(C(F)(F)F)c1F. The summed E-state index contributed by atoms with van der Waals surface area (Å²) >= 11 is 0. The van der Waals surface area contributed by atoms with Crippen LogP contribution in [0.3, 0.4) is 0 Å². The molecule has 0 aliphatic carbocycles. The summed E-state index contributed by atoms with van der Waals surface area (Å²) in [7, 11) is 0. The van der Waals surface area contributed by atoms with Crippen molar-refractivity contribution in [3.05, 3.63) is 83.7 Å². The van der Waals surface area contributed by atoms with E-state index in [9.17, 15) is 22.4 Å². The maximum Gasteiger partial charge on any atom is 0.419 e.